The molecule has 0 saturated heterocycles. The van der Waals surface area contributed by atoms with Crippen LogP contribution in [0.25, 0.3) is 11.0 Å². The van der Waals surface area contributed by atoms with Crippen molar-refractivity contribution < 1.29 is 4.79 Å². The number of carbonyl (C=O) groups excluding carboxylic acids is 1. The first kappa shape index (κ1) is 11.3. The van der Waals surface area contributed by atoms with E-state index in [4.69, 9.17) is 0 Å². The van der Waals surface area contributed by atoms with Gasteiger partial charge in [0.25, 0.3) is 0 Å². The molecule has 1 aliphatic rings. The van der Waals surface area contributed by atoms with Crippen molar-refractivity contribution in [3.05, 3.63) is 34.7 Å². The molecule has 1 heterocycles. The maximum Gasteiger partial charge on any atom is 0.329 e. The lowest BCUT2D eigenvalue weighted by atomic mass is 10.2. The van der Waals surface area contributed by atoms with Crippen LogP contribution >= 0.6 is 0 Å². The molecule has 1 aromatic heterocycles. The second-order valence-electron chi connectivity index (χ2n) is 4.84. The summed E-state index contributed by atoms with van der Waals surface area (Å²) in [4.78, 5) is 24.2. The van der Waals surface area contributed by atoms with Crippen molar-refractivity contribution in [1.82, 2.24) is 9.13 Å². The van der Waals surface area contributed by atoms with Crippen LogP contribution in [0.15, 0.2) is 29.1 Å². The third-order valence-electron chi connectivity index (χ3n) is 3.59. The molecule has 0 amide bonds. The molecule has 1 fully saturated rings. The minimum Gasteiger partial charge on any atom is -0.297 e. The van der Waals surface area contributed by atoms with Gasteiger partial charge in [0.05, 0.1) is 17.6 Å². The van der Waals surface area contributed by atoms with Gasteiger partial charge in [-0.25, -0.2) is 4.79 Å². The number of rotatable bonds is 4. The maximum atomic E-state index is 12.3. The normalized spacial score (nSPS) is 15.2. The molecule has 0 bridgehead atoms. The van der Waals surface area contributed by atoms with E-state index in [1.165, 1.54) is 0 Å². The average Bonchev–Trinajstić information content (AvgIpc) is 3.18. The van der Waals surface area contributed by atoms with Gasteiger partial charge in [0.15, 0.2) is 5.78 Å². The van der Waals surface area contributed by atoms with Gasteiger partial charge in [-0.1, -0.05) is 12.1 Å². The molecule has 2 aromatic rings. The number of Topliss-reactive ketones (excluding diaryl/α,β-unsaturated/α-hetero) is 1. The summed E-state index contributed by atoms with van der Waals surface area (Å²) in [6.07, 6.45) is 1.97. The van der Waals surface area contributed by atoms with E-state index in [2.05, 4.69) is 0 Å². The minimum absolute atomic E-state index is 0.0762. The first-order chi connectivity index (χ1) is 8.72. The Bertz CT molecular complexity index is 662. The van der Waals surface area contributed by atoms with Gasteiger partial charge < -0.3 is 0 Å². The molecule has 18 heavy (non-hydrogen) atoms. The SMILES string of the molecule is CCn1c(=O)n(CC(=O)C2CC2)c2ccccc21. The van der Waals surface area contributed by atoms with E-state index in [0.717, 1.165) is 23.9 Å². The van der Waals surface area contributed by atoms with Crippen molar-refractivity contribution in [2.75, 3.05) is 0 Å². The second kappa shape index (κ2) is 4.12. The highest BCUT2D eigenvalue weighted by atomic mass is 16.2. The van der Waals surface area contributed by atoms with Gasteiger partial charge in [-0.2, -0.15) is 0 Å². The summed E-state index contributed by atoms with van der Waals surface area (Å²) in [7, 11) is 0. The largest absolute Gasteiger partial charge is 0.329 e. The molecule has 1 aromatic carbocycles. The highest BCUT2D eigenvalue weighted by molar-refractivity contribution is 5.85. The summed E-state index contributed by atoms with van der Waals surface area (Å²) in [5.41, 5.74) is 1.69. The zero-order valence-corrected chi connectivity index (χ0v) is 10.4. The van der Waals surface area contributed by atoms with E-state index in [9.17, 15) is 9.59 Å². The summed E-state index contributed by atoms with van der Waals surface area (Å²) in [5.74, 6) is 0.386. The predicted molar refractivity (Wildman–Crippen MR) is 69.6 cm³/mol. The lowest BCUT2D eigenvalue weighted by Crippen LogP contribution is -2.27. The molecule has 4 nitrogen and oxygen atoms in total. The topological polar surface area (TPSA) is 44.0 Å². The van der Waals surface area contributed by atoms with E-state index in [0.29, 0.717) is 6.54 Å². The molecule has 0 radical (unpaired) electrons. The van der Waals surface area contributed by atoms with Gasteiger partial charge in [0, 0.05) is 12.5 Å². The van der Waals surface area contributed by atoms with Crippen LogP contribution in [0.4, 0.5) is 0 Å². The molecular weight excluding hydrogens is 228 g/mol. The Morgan fingerprint density at radius 1 is 1.22 bits per heavy atom. The van der Waals surface area contributed by atoms with Gasteiger partial charge in [-0.05, 0) is 31.9 Å². The van der Waals surface area contributed by atoms with Gasteiger partial charge in [-0.15, -0.1) is 0 Å². The summed E-state index contributed by atoms with van der Waals surface area (Å²) < 4.78 is 3.33. The molecule has 0 spiro atoms. The number of imidazole rings is 1. The van der Waals surface area contributed by atoms with Crippen LogP contribution < -0.4 is 5.69 Å². The molecule has 0 atom stereocenters. The highest BCUT2D eigenvalue weighted by Crippen LogP contribution is 2.30. The summed E-state index contributed by atoms with van der Waals surface area (Å²) in [5, 5.41) is 0. The molecule has 0 aliphatic heterocycles. The zero-order chi connectivity index (χ0) is 12.7. The standard InChI is InChI=1S/C14H16N2O2/c1-2-15-11-5-3-4-6-12(11)16(14(15)18)9-13(17)10-7-8-10/h3-6,10H,2,7-9H2,1H3. The number of aryl methyl sites for hydroxylation is 1. The Morgan fingerprint density at radius 2 is 1.83 bits per heavy atom. The predicted octanol–water partition coefficient (Wildman–Crippen LogP) is 1.80. The Hall–Kier alpha value is -1.84. The Morgan fingerprint density at radius 3 is 2.39 bits per heavy atom. The maximum absolute atomic E-state index is 12.3. The first-order valence-corrected chi connectivity index (χ1v) is 6.43. The molecular formula is C14H16N2O2. The van der Waals surface area contributed by atoms with E-state index in [1.54, 1.807) is 9.13 Å². The van der Waals surface area contributed by atoms with E-state index in [-0.39, 0.29) is 23.9 Å². The zero-order valence-electron chi connectivity index (χ0n) is 10.4. The number of hydrogen-bond acceptors (Lipinski definition) is 2. The average molecular weight is 244 g/mol. The Balaban J connectivity index is 2.12. The Kier molecular flexibility index (Phi) is 2.58. The Labute approximate surface area is 105 Å². The van der Waals surface area contributed by atoms with Crippen molar-refractivity contribution in [1.29, 1.82) is 0 Å². The van der Waals surface area contributed by atoms with E-state index in [1.807, 2.05) is 31.2 Å². The van der Waals surface area contributed by atoms with Crippen LogP contribution in [-0.2, 0) is 17.9 Å². The van der Waals surface area contributed by atoms with Crippen molar-refractivity contribution >= 4 is 16.8 Å². The van der Waals surface area contributed by atoms with Crippen molar-refractivity contribution in [2.45, 2.75) is 32.9 Å². The number of nitrogens with zero attached hydrogens (tertiary/aromatic N) is 2. The third-order valence-corrected chi connectivity index (χ3v) is 3.59. The van der Waals surface area contributed by atoms with Gasteiger partial charge in [0.1, 0.15) is 0 Å². The number of hydrogen-bond donors (Lipinski definition) is 0. The fourth-order valence-corrected chi connectivity index (χ4v) is 2.42. The number of para-hydroxylation sites is 2. The fourth-order valence-electron chi connectivity index (χ4n) is 2.42. The van der Waals surface area contributed by atoms with Crippen LogP contribution in [0.5, 0.6) is 0 Å². The smallest absolute Gasteiger partial charge is 0.297 e. The summed E-state index contributed by atoms with van der Waals surface area (Å²) in [6, 6.07) is 7.66. The molecule has 1 saturated carbocycles. The van der Waals surface area contributed by atoms with Crippen LogP contribution in [0.1, 0.15) is 19.8 Å². The van der Waals surface area contributed by atoms with Gasteiger partial charge >= 0.3 is 5.69 Å². The van der Waals surface area contributed by atoms with Crippen LogP contribution in [0.3, 0.4) is 0 Å². The molecule has 3 rings (SSSR count). The van der Waals surface area contributed by atoms with E-state index >= 15 is 0 Å². The number of aromatic nitrogens is 2. The van der Waals surface area contributed by atoms with E-state index < -0.39 is 0 Å². The monoisotopic (exact) mass is 244 g/mol. The molecule has 4 heteroatoms. The number of fused-ring (bicyclic) bond motifs is 1. The number of benzene rings is 1. The lowest BCUT2D eigenvalue weighted by Gasteiger charge is -2.00. The second-order valence-corrected chi connectivity index (χ2v) is 4.84. The lowest BCUT2D eigenvalue weighted by molar-refractivity contribution is -0.120. The van der Waals surface area contributed by atoms with Crippen LogP contribution in [0, 0.1) is 5.92 Å². The summed E-state index contributed by atoms with van der Waals surface area (Å²) >= 11 is 0. The summed E-state index contributed by atoms with van der Waals surface area (Å²) in [6.45, 7) is 2.79. The number of carbonyl (C=O) groups is 1. The molecule has 94 valence electrons. The van der Waals surface area contributed by atoms with Crippen LogP contribution in [-0.4, -0.2) is 14.9 Å². The molecule has 1 aliphatic carbocycles. The van der Waals surface area contributed by atoms with Crippen molar-refractivity contribution in [3.63, 3.8) is 0 Å². The van der Waals surface area contributed by atoms with Gasteiger partial charge in [-0.3, -0.25) is 13.9 Å². The highest BCUT2D eigenvalue weighted by Gasteiger charge is 2.30. The minimum atomic E-state index is -0.0762. The van der Waals surface area contributed by atoms with Crippen molar-refractivity contribution in [3.8, 4) is 0 Å². The van der Waals surface area contributed by atoms with Gasteiger partial charge in [0.2, 0.25) is 0 Å². The van der Waals surface area contributed by atoms with Crippen molar-refractivity contribution in [2.24, 2.45) is 5.92 Å². The molecule has 0 unspecified atom stereocenters. The van der Waals surface area contributed by atoms with Crippen LogP contribution in [0.2, 0.25) is 0 Å². The fraction of sp³-hybridized carbons (Fsp3) is 0.429. The number of ketones is 1. The third kappa shape index (κ3) is 1.68. The quantitative estimate of drug-likeness (QED) is 0.823. The first-order valence-electron chi connectivity index (χ1n) is 6.43. The molecule has 0 N–H and O–H groups in total.